The lowest BCUT2D eigenvalue weighted by atomic mass is 9.67. The van der Waals surface area contributed by atoms with E-state index in [0.717, 1.165) is 12.0 Å². The Labute approximate surface area is 185 Å². The lowest BCUT2D eigenvalue weighted by Gasteiger charge is -2.36. The van der Waals surface area contributed by atoms with Crippen LogP contribution in [0.15, 0.2) is 102 Å². The molecule has 2 nitrogen and oxygen atoms in total. The summed E-state index contributed by atoms with van der Waals surface area (Å²) in [7, 11) is 0. The Morgan fingerprint density at radius 1 is 0.581 bits per heavy atom. The fourth-order valence-electron chi connectivity index (χ4n) is 4.62. The van der Waals surface area contributed by atoms with Gasteiger partial charge in [0.05, 0.1) is 5.76 Å². The van der Waals surface area contributed by atoms with Crippen molar-refractivity contribution in [1.82, 2.24) is 0 Å². The fourth-order valence-corrected chi connectivity index (χ4v) is 4.62. The van der Waals surface area contributed by atoms with Crippen LogP contribution >= 0.6 is 0 Å². The van der Waals surface area contributed by atoms with Gasteiger partial charge >= 0.3 is 0 Å². The SMILES string of the molecule is CC(C)(c1ccccc1)c1ccc(C(C)(C2=CC=C(O)CC2)c2ccc(O)cc2)cc1. The molecule has 0 heterocycles. The normalized spacial score (nSPS) is 16.2. The van der Waals surface area contributed by atoms with Crippen molar-refractivity contribution in [2.45, 2.75) is 44.4 Å². The number of benzene rings is 3. The molecule has 0 aromatic heterocycles. The van der Waals surface area contributed by atoms with Gasteiger partial charge in [-0.25, -0.2) is 0 Å². The van der Waals surface area contributed by atoms with Gasteiger partial charge in [0.2, 0.25) is 0 Å². The summed E-state index contributed by atoms with van der Waals surface area (Å²) >= 11 is 0. The van der Waals surface area contributed by atoms with Gasteiger partial charge in [0.1, 0.15) is 5.75 Å². The fraction of sp³-hybridized carbons (Fsp3) is 0.241. The summed E-state index contributed by atoms with van der Waals surface area (Å²) in [6, 6.07) is 27.0. The first-order valence-corrected chi connectivity index (χ1v) is 10.9. The molecule has 0 saturated heterocycles. The van der Waals surface area contributed by atoms with Crippen molar-refractivity contribution in [2.24, 2.45) is 0 Å². The molecule has 31 heavy (non-hydrogen) atoms. The molecule has 158 valence electrons. The maximum atomic E-state index is 9.89. The second-order valence-electron chi connectivity index (χ2n) is 9.09. The van der Waals surface area contributed by atoms with E-state index in [0.29, 0.717) is 12.2 Å². The van der Waals surface area contributed by atoms with E-state index in [1.807, 2.05) is 24.3 Å². The van der Waals surface area contributed by atoms with Crippen LogP contribution in [-0.2, 0) is 10.8 Å². The molecule has 3 aromatic carbocycles. The second kappa shape index (κ2) is 8.11. The Morgan fingerprint density at radius 3 is 1.65 bits per heavy atom. The quantitative estimate of drug-likeness (QED) is 0.467. The predicted octanol–water partition coefficient (Wildman–Crippen LogP) is 7.19. The lowest BCUT2D eigenvalue weighted by Crippen LogP contribution is -2.28. The number of rotatable bonds is 5. The van der Waals surface area contributed by atoms with Gasteiger partial charge < -0.3 is 10.2 Å². The number of allylic oxidation sites excluding steroid dienone is 4. The Kier molecular flexibility index (Phi) is 5.49. The van der Waals surface area contributed by atoms with Crippen LogP contribution in [0.1, 0.15) is 55.9 Å². The second-order valence-corrected chi connectivity index (χ2v) is 9.09. The van der Waals surface area contributed by atoms with E-state index >= 15 is 0 Å². The minimum absolute atomic E-state index is 0.0899. The van der Waals surface area contributed by atoms with Crippen molar-refractivity contribution in [3.63, 3.8) is 0 Å². The minimum Gasteiger partial charge on any atom is -0.512 e. The molecule has 1 atom stereocenters. The van der Waals surface area contributed by atoms with Crippen LogP contribution in [0.25, 0.3) is 0 Å². The van der Waals surface area contributed by atoms with Crippen LogP contribution in [0.5, 0.6) is 5.75 Å². The molecule has 0 amide bonds. The Balaban J connectivity index is 1.78. The van der Waals surface area contributed by atoms with E-state index in [2.05, 4.69) is 75.4 Å². The monoisotopic (exact) mass is 410 g/mol. The van der Waals surface area contributed by atoms with Crippen LogP contribution in [0.3, 0.4) is 0 Å². The van der Waals surface area contributed by atoms with E-state index in [9.17, 15) is 10.2 Å². The summed E-state index contributed by atoms with van der Waals surface area (Å²) in [6.45, 7) is 6.75. The molecule has 1 aliphatic carbocycles. The molecule has 0 saturated carbocycles. The summed E-state index contributed by atoms with van der Waals surface area (Å²) in [5, 5.41) is 19.7. The first kappa shape index (κ1) is 21.0. The summed E-state index contributed by atoms with van der Waals surface area (Å²) in [4.78, 5) is 0. The van der Waals surface area contributed by atoms with Crippen molar-refractivity contribution in [1.29, 1.82) is 0 Å². The van der Waals surface area contributed by atoms with Crippen LogP contribution < -0.4 is 0 Å². The molecule has 0 bridgehead atoms. The molecule has 2 N–H and O–H groups in total. The number of aliphatic hydroxyl groups excluding tert-OH is 1. The average Bonchev–Trinajstić information content (AvgIpc) is 2.80. The highest BCUT2D eigenvalue weighted by molar-refractivity contribution is 5.52. The number of phenolic OH excluding ortho intramolecular Hbond substituents is 1. The molecule has 0 spiro atoms. The van der Waals surface area contributed by atoms with Crippen molar-refractivity contribution in [3.8, 4) is 5.75 Å². The van der Waals surface area contributed by atoms with Gasteiger partial charge in [-0.3, -0.25) is 0 Å². The Hall–Kier alpha value is -3.26. The van der Waals surface area contributed by atoms with Gasteiger partial charge in [-0.05, 0) is 53.8 Å². The van der Waals surface area contributed by atoms with Gasteiger partial charge in [-0.2, -0.15) is 0 Å². The van der Waals surface area contributed by atoms with Crippen LogP contribution in [-0.4, -0.2) is 10.2 Å². The van der Waals surface area contributed by atoms with E-state index in [1.54, 1.807) is 12.1 Å². The molecule has 1 unspecified atom stereocenters. The Bertz CT molecular complexity index is 1100. The highest BCUT2D eigenvalue weighted by atomic mass is 16.3. The van der Waals surface area contributed by atoms with Gasteiger partial charge in [-0.15, -0.1) is 0 Å². The molecule has 3 aromatic rings. The molecule has 0 aliphatic heterocycles. The van der Waals surface area contributed by atoms with Gasteiger partial charge in [0.15, 0.2) is 0 Å². The third-order valence-electron chi connectivity index (χ3n) is 6.89. The lowest BCUT2D eigenvalue weighted by molar-refractivity contribution is 0.382. The molecule has 1 aliphatic rings. The molecular formula is C29H30O2. The maximum Gasteiger partial charge on any atom is 0.115 e. The molecule has 0 radical (unpaired) electrons. The first-order valence-electron chi connectivity index (χ1n) is 10.9. The number of hydrogen-bond donors (Lipinski definition) is 2. The zero-order valence-electron chi connectivity index (χ0n) is 18.5. The molecule has 4 rings (SSSR count). The molecule has 2 heteroatoms. The first-order chi connectivity index (χ1) is 14.8. The highest BCUT2D eigenvalue weighted by Gasteiger charge is 2.34. The summed E-state index contributed by atoms with van der Waals surface area (Å²) in [5.41, 5.74) is 5.71. The van der Waals surface area contributed by atoms with E-state index < -0.39 is 0 Å². The van der Waals surface area contributed by atoms with E-state index in [4.69, 9.17) is 0 Å². The molecule has 0 fully saturated rings. The standard InChI is InChI=1S/C29H30O2/c1-28(2,21-7-5-4-6-8-21)22-9-11-23(12-10-22)29(3,24-13-17-26(30)18-14-24)25-15-19-27(31)20-16-25/h4-15,17-19,30-31H,16,20H2,1-3H3. The van der Waals surface area contributed by atoms with Crippen LogP contribution in [0, 0.1) is 0 Å². The predicted molar refractivity (Wildman–Crippen MR) is 128 cm³/mol. The minimum atomic E-state index is -0.347. The summed E-state index contributed by atoms with van der Waals surface area (Å²) in [5.74, 6) is 0.693. The third kappa shape index (κ3) is 3.90. The van der Waals surface area contributed by atoms with Crippen molar-refractivity contribution < 1.29 is 10.2 Å². The number of phenols is 1. The molecular weight excluding hydrogens is 380 g/mol. The van der Waals surface area contributed by atoms with Crippen molar-refractivity contribution in [2.75, 3.05) is 0 Å². The largest absolute Gasteiger partial charge is 0.512 e. The topological polar surface area (TPSA) is 40.5 Å². The van der Waals surface area contributed by atoms with Crippen LogP contribution in [0.2, 0.25) is 0 Å². The number of hydrogen-bond acceptors (Lipinski definition) is 2. The van der Waals surface area contributed by atoms with Gasteiger partial charge in [0.25, 0.3) is 0 Å². The third-order valence-corrected chi connectivity index (χ3v) is 6.89. The zero-order valence-corrected chi connectivity index (χ0v) is 18.5. The van der Waals surface area contributed by atoms with Crippen molar-refractivity contribution in [3.05, 3.63) is 125 Å². The van der Waals surface area contributed by atoms with Gasteiger partial charge in [-0.1, -0.05) is 92.2 Å². The maximum absolute atomic E-state index is 9.89. The smallest absolute Gasteiger partial charge is 0.115 e. The highest BCUT2D eigenvalue weighted by Crippen LogP contribution is 2.43. The number of aliphatic hydroxyl groups is 1. The number of aromatic hydroxyl groups is 1. The van der Waals surface area contributed by atoms with Gasteiger partial charge in [0, 0.05) is 17.3 Å². The van der Waals surface area contributed by atoms with Crippen molar-refractivity contribution >= 4 is 0 Å². The van der Waals surface area contributed by atoms with Crippen LogP contribution in [0.4, 0.5) is 0 Å². The summed E-state index contributed by atoms with van der Waals surface area (Å²) in [6.07, 6.45) is 5.31. The zero-order chi connectivity index (χ0) is 22.1. The van der Waals surface area contributed by atoms with E-state index in [-0.39, 0.29) is 16.6 Å². The Morgan fingerprint density at radius 2 is 1.10 bits per heavy atom. The summed E-state index contributed by atoms with van der Waals surface area (Å²) < 4.78 is 0. The van der Waals surface area contributed by atoms with E-state index in [1.165, 1.54) is 22.3 Å². The average molecular weight is 411 g/mol.